The molecule has 1 heterocycles. The molecule has 0 aromatic heterocycles. The number of hydrogen-bond acceptors (Lipinski definition) is 10. The molecule has 1 saturated heterocycles. The van der Waals surface area contributed by atoms with Gasteiger partial charge in [0.1, 0.15) is 24.2 Å². The van der Waals surface area contributed by atoms with Crippen LogP contribution in [0.25, 0.3) is 0 Å². The van der Waals surface area contributed by atoms with Crippen LogP contribution < -0.4 is 0 Å². The van der Waals surface area contributed by atoms with Gasteiger partial charge in [-0.25, -0.2) is 0 Å². The topological polar surface area (TPSA) is 107 Å². The van der Waals surface area contributed by atoms with Crippen molar-refractivity contribution in [2.45, 2.75) is 97.0 Å². The third-order valence-electron chi connectivity index (χ3n) is 7.52. The van der Waals surface area contributed by atoms with E-state index in [2.05, 4.69) is 23.3 Å². The van der Waals surface area contributed by atoms with Crippen molar-refractivity contribution >= 4 is 11.8 Å². The molecule has 0 aromatic rings. The number of esters is 1. The Morgan fingerprint density at radius 3 is 2.32 bits per heavy atom. The Kier molecular flexibility index (Phi) is 15.6. The second-order valence-corrected chi connectivity index (χ2v) is 13.0. The summed E-state index contributed by atoms with van der Waals surface area (Å²) in [5, 5.41) is 9.98. The summed E-state index contributed by atoms with van der Waals surface area (Å²) < 4.78 is 29.9. The molecule has 5 unspecified atom stereocenters. The molecular weight excluding hydrogens is 528 g/mol. The Morgan fingerprint density at radius 2 is 1.78 bits per heavy atom. The van der Waals surface area contributed by atoms with Crippen molar-refractivity contribution in [1.82, 2.24) is 9.80 Å². The first-order valence-electron chi connectivity index (χ1n) is 14.8. The Balaban J connectivity index is 3.38. The number of nitrogens with zero attached hydrogens (tertiary/aromatic N) is 2. The number of hydrogen-bond donors (Lipinski definition) is 1. The standard InChI is InChI=1S/C31H58N2O8/c1-13-14-39-31(8,19-33(11)17-21(2)18-37-12)28(41-26-16-25(32(9)10)15-22(3)40-26)23(4)27(34)24(5)29(35)38-20-30(6,7)36/h13,21-26,28,36H,1,14-20H2,2-12H3/t21?,22?,23-,24?,25?,26?,28+,31+/m0/s1. The van der Waals surface area contributed by atoms with Gasteiger partial charge in [0, 0.05) is 45.2 Å². The van der Waals surface area contributed by atoms with Crippen LogP contribution >= 0.6 is 0 Å². The van der Waals surface area contributed by atoms with E-state index in [9.17, 15) is 14.7 Å². The van der Waals surface area contributed by atoms with Gasteiger partial charge < -0.3 is 38.6 Å². The third-order valence-corrected chi connectivity index (χ3v) is 7.52. The molecule has 0 saturated carbocycles. The number of carbonyl (C=O) groups is 2. The molecule has 10 nitrogen and oxygen atoms in total. The van der Waals surface area contributed by atoms with E-state index in [1.165, 1.54) is 20.8 Å². The highest BCUT2D eigenvalue weighted by Crippen LogP contribution is 2.33. The maximum Gasteiger partial charge on any atom is 0.316 e. The van der Waals surface area contributed by atoms with E-state index >= 15 is 0 Å². The van der Waals surface area contributed by atoms with Crippen LogP contribution in [0, 0.1) is 17.8 Å². The van der Waals surface area contributed by atoms with E-state index in [0.29, 0.717) is 19.6 Å². The Labute approximate surface area is 248 Å². The van der Waals surface area contributed by atoms with Gasteiger partial charge in [0.2, 0.25) is 0 Å². The van der Waals surface area contributed by atoms with E-state index in [1.54, 1.807) is 20.1 Å². The van der Waals surface area contributed by atoms with Crippen LogP contribution in [-0.4, -0.2) is 124 Å². The lowest BCUT2D eigenvalue weighted by Gasteiger charge is -2.46. The van der Waals surface area contributed by atoms with Crippen molar-refractivity contribution in [1.29, 1.82) is 0 Å². The monoisotopic (exact) mass is 586 g/mol. The minimum absolute atomic E-state index is 0.0264. The van der Waals surface area contributed by atoms with Gasteiger partial charge >= 0.3 is 5.97 Å². The number of Topliss-reactive ketones (excluding diaryl/α,β-unsaturated/α-hetero) is 1. The summed E-state index contributed by atoms with van der Waals surface area (Å²) in [6, 6.07) is 0.254. The van der Waals surface area contributed by atoms with Crippen LogP contribution in [0.5, 0.6) is 0 Å². The number of likely N-dealkylation sites (N-methyl/N-ethyl adjacent to an activating group) is 1. The van der Waals surface area contributed by atoms with Crippen LogP contribution in [0.1, 0.15) is 61.3 Å². The van der Waals surface area contributed by atoms with E-state index in [0.717, 1.165) is 13.0 Å². The molecule has 240 valence electrons. The lowest BCUT2D eigenvalue weighted by molar-refractivity contribution is -0.264. The number of carbonyl (C=O) groups excluding carboxylic acids is 2. The normalized spacial score (nSPS) is 24.4. The molecule has 10 heteroatoms. The van der Waals surface area contributed by atoms with Crippen molar-refractivity contribution in [3.63, 3.8) is 0 Å². The van der Waals surface area contributed by atoms with Gasteiger partial charge in [0.15, 0.2) is 12.1 Å². The average Bonchev–Trinajstić information content (AvgIpc) is 2.87. The quantitative estimate of drug-likeness (QED) is 0.138. The number of methoxy groups -OCH3 is 1. The fourth-order valence-corrected chi connectivity index (χ4v) is 5.50. The van der Waals surface area contributed by atoms with Gasteiger partial charge in [-0.2, -0.15) is 0 Å². The summed E-state index contributed by atoms with van der Waals surface area (Å²) in [6.07, 6.45) is 1.84. The highest BCUT2D eigenvalue weighted by molar-refractivity contribution is 5.99. The molecule has 0 bridgehead atoms. The number of ether oxygens (including phenoxy) is 5. The first-order chi connectivity index (χ1) is 18.9. The van der Waals surface area contributed by atoms with Gasteiger partial charge in [-0.3, -0.25) is 9.59 Å². The zero-order chi connectivity index (χ0) is 31.5. The lowest BCUT2D eigenvalue weighted by Crippen LogP contribution is -2.58. The number of rotatable bonds is 19. The lowest BCUT2D eigenvalue weighted by atomic mass is 9.82. The second-order valence-electron chi connectivity index (χ2n) is 13.0. The molecule has 1 fully saturated rings. The molecule has 8 atom stereocenters. The van der Waals surface area contributed by atoms with E-state index in [4.69, 9.17) is 23.7 Å². The molecule has 0 radical (unpaired) electrons. The maximum absolute atomic E-state index is 13.8. The van der Waals surface area contributed by atoms with Gasteiger partial charge in [-0.1, -0.05) is 19.9 Å². The van der Waals surface area contributed by atoms with Crippen LogP contribution in [0.15, 0.2) is 12.7 Å². The van der Waals surface area contributed by atoms with Crippen LogP contribution in [-0.2, 0) is 33.3 Å². The first-order valence-corrected chi connectivity index (χ1v) is 14.8. The number of ketones is 1. The zero-order valence-corrected chi connectivity index (χ0v) is 27.5. The molecule has 1 N–H and O–H groups in total. The summed E-state index contributed by atoms with van der Waals surface area (Å²) in [6.45, 7) is 18.1. The summed E-state index contributed by atoms with van der Waals surface area (Å²) in [5.74, 6) is -2.52. The van der Waals surface area contributed by atoms with E-state index < -0.39 is 41.4 Å². The predicted octanol–water partition coefficient (Wildman–Crippen LogP) is 3.16. The fraction of sp³-hybridized carbons (Fsp3) is 0.871. The molecular formula is C31H58N2O8. The smallest absolute Gasteiger partial charge is 0.316 e. The molecule has 0 amide bonds. The Morgan fingerprint density at radius 1 is 1.15 bits per heavy atom. The molecule has 0 aromatic carbocycles. The fourth-order valence-electron chi connectivity index (χ4n) is 5.50. The van der Waals surface area contributed by atoms with Gasteiger partial charge in [0.25, 0.3) is 0 Å². The summed E-state index contributed by atoms with van der Waals surface area (Å²) in [4.78, 5) is 30.9. The number of aliphatic hydroxyl groups is 1. The van der Waals surface area contributed by atoms with E-state index in [-0.39, 0.29) is 37.1 Å². The minimum Gasteiger partial charge on any atom is -0.462 e. The Bertz CT molecular complexity index is 816. The zero-order valence-electron chi connectivity index (χ0n) is 27.5. The Hall–Kier alpha value is -1.40. The largest absolute Gasteiger partial charge is 0.462 e. The molecule has 41 heavy (non-hydrogen) atoms. The van der Waals surface area contributed by atoms with E-state index in [1.807, 2.05) is 35.0 Å². The van der Waals surface area contributed by atoms with Crippen molar-refractivity contribution in [3.05, 3.63) is 12.7 Å². The predicted molar refractivity (Wildman–Crippen MR) is 160 cm³/mol. The second kappa shape index (κ2) is 17.0. The van der Waals surface area contributed by atoms with Gasteiger partial charge in [-0.15, -0.1) is 6.58 Å². The third kappa shape index (κ3) is 12.8. The maximum atomic E-state index is 13.8. The van der Waals surface area contributed by atoms with Crippen molar-refractivity contribution in [3.8, 4) is 0 Å². The van der Waals surface area contributed by atoms with Gasteiger partial charge in [-0.05, 0) is 68.1 Å². The molecule has 1 aliphatic rings. The van der Waals surface area contributed by atoms with Crippen LogP contribution in [0.2, 0.25) is 0 Å². The van der Waals surface area contributed by atoms with Crippen LogP contribution in [0.4, 0.5) is 0 Å². The van der Waals surface area contributed by atoms with Crippen molar-refractivity contribution in [2.24, 2.45) is 17.8 Å². The first kappa shape index (κ1) is 37.6. The minimum atomic E-state index is -1.20. The summed E-state index contributed by atoms with van der Waals surface area (Å²) in [7, 11) is 7.77. The van der Waals surface area contributed by atoms with Crippen LogP contribution in [0.3, 0.4) is 0 Å². The summed E-state index contributed by atoms with van der Waals surface area (Å²) >= 11 is 0. The molecule has 0 spiro atoms. The summed E-state index contributed by atoms with van der Waals surface area (Å²) in [5.41, 5.74) is -2.16. The highest BCUT2D eigenvalue weighted by Gasteiger charge is 2.47. The molecule has 1 rings (SSSR count). The average molecular weight is 587 g/mol. The molecule has 0 aliphatic carbocycles. The highest BCUT2D eigenvalue weighted by atomic mass is 16.7. The van der Waals surface area contributed by atoms with Gasteiger partial charge in [0.05, 0.1) is 18.3 Å². The molecule has 1 aliphatic heterocycles. The SMILES string of the molecule is C=CCO[C@](C)(CN(C)CC(C)COC)[C@H](OC1CC(N(C)C)CC(C)O1)[C@@H](C)C(=O)C(C)C(=O)OCC(C)(C)O. The van der Waals surface area contributed by atoms with Crippen molar-refractivity contribution < 1.29 is 38.4 Å². The van der Waals surface area contributed by atoms with Crippen molar-refractivity contribution in [2.75, 3.05) is 61.2 Å².